The van der Waals surface area contributed by atoms with Gasteiger partial charge in [-0.25, -0.2) is 4.98 Å². The maximum absolute atomic E-state index is 5.56. The normalized spacial score (nSPS) is 22.1. The summed E-state index contributed by atoms with van der Waals surface area (Å²) in [5, 5.41) is 3.36. The summed E-state index contributed by atoms with van der Waals surface area (Å²) >= 11 is 0. The molecule has 17 heavy (non-hydrogen) atoms. The highest BCUT2D eigenvalue weighted by molar-refractivity contribution is 5.29. The molecule has 4 nitrogen and oxygen atoms in total. The van der Waals surface area contributed by atoms with Gasteiger partial charge in [0.25, 0.3) is 0 Å². The molecule has 0 saturated carbocycles. The number of nitrogens with zero attached hydrogens (tertiary/aromatic N) is 1. The Balaban J connectivity index is 2.21. The van der Waals surface area contributed by atoms with Crippen LogP contribution in [0.15, 0.2) is 18.3 Å². The quantitative estimate of drug-likeness (QED) is 0.865. The highest BCUT2D eigenvalue weighted by Crippen LogP contribution is 2.32. The second-order valence-electron chi connectivity index (χ2n) is 4.35. The second kappa shape index (κ2) is 5.98. The van der Waals surface area contributed by atoms with E-state index in [-0.39, 0.29) is 6.04 Å². The van der Waals surface area contributed by atoms with E-state index >= 15 is 0 Å². The molecule has 1 aromatic heterocycles. The molecule has 0 amide bonds. The van der Waals surface area contributed by atoms with E-state index in [0.29, 0.717) is 11.8 Å². The van der Waals surface area contributed by atoms with E-state index < -0.39 is 0 Å². The summed E-state index contributed by atoms with van der Waals surface area (Å²) in [6.45, 7) is 1.70. The highest BCUT2D eigenvalue weighted by Gasteiger charge is 2.26. The minimum Gasteiger partial charge on any atom is -0.481 e. The molecule has 2 unspecified atom stereocenters. The van der Waals surface area contributed by atoms with E-state index in [1.54, 1.807) is 13.3 Å². The molecule has 2 rings (SSSR count). The minimum absolute atomic E-state index is 0.249. The van der Waals surface area contributed by atoms with Gasteiger partial charge in [-0.1, -0.05) is 6.07 Å². The zero-order chi connectivity index (χ0) is 12.1. The summed E-state index contributed by atoms with van der Waals surface area (Å²) in [5.74, 6) is 1.20. The van der Waals surface area contributed by atoms with Crippen molar-refractivity contribution in [2.75, 3.05) is 27.4 Å². The molecule has 0 aromatic carbocycles. The van der Waals surface area contributed by atoms with Gasteiger partial charge in [0.2, 0.25) is 5.88 Å². The van der Waals surface area contributed by atoms with Crippen LogP contribution in [-0.4, -0.2) is 32.4 Å². The van der Waals surface area contributed by atoms with Crippen molar-refractivity contribution in [2.45, 2.75) is 18.9 Å². The third kappa shape index (κ3) is 2.76. The van der Waals surface area contributed by atoms with E-state index in [9.17, 15) is 0 Å². The number of nitrogens with one attached hydrogen (secondary N) is 1. The van der Waals surface area contributed by atoms with Gasteiger partial charge in [0, 0.05) is 30.3 Å². The Morgan fingerprint density at radius 1 is 1.59 bits per heavy atom. The molecule has 1 aliphatic rings. The standard InChI is InChI=1S/C13H20N2O2/c1-14-12(10-5-4-8-17-9-10)11-6-3-7-15-13(11)16-2/h3,6-7,10,12,14H,4-5,8-9H2,1-2H3. The molecule has 4 heteroatoms. The van der Waals surface area contributed by atoms with Crippen LogP contribution in [0.4, 0.5) is 0 Å². The third-order valence-electron chi connectivity index (χ3n) is 3.31. The fourth-order valence-corrected chi connectivity index (χ4v) is 2.48. The van der Waals surface area contributed by atoms with Gasteiger partial charge in [-0.3, -0.25) is 0 Å². The van der Waals surface area contributed by atoms with E-state index in [1.165, 1.54) is 6.42 Å². The molecule has 1 saturated heterocycles. The van der Waals surface area contributed by atoms with Crippen molar-refractivity contribution in [2.24, 2.45) is 5.92 Å². The lowest BCUT2D eigenvalue weighted by Crippen LogP contribution is -2.31. The average molecular weight is 236 g/mol. The topological polar surface area (TPSA) is 43.4 Å². The van der Waals surface area contributed by atoms with Gasteiger partial charge in [-0.05, 0) is 26.0 Å². The lowest BCUT2D eigenvalue weighted by molar-refractivity contribution is 0.0397. The Morgan fingerprint density at radius 2 is 2.47 bits per heavy atom. The van der Waals surface area contributed by atoms with Gasteiger partial charge in [-0.15, -0.1) is 0 Å². The van der Waals surface area contributed by atoms with Crippen molar-refractivity contribution < 1.29 is 9.47 Å². The summed E-state index contributed by atoms with van der Waals surface area (Å²) < 4.78 is 10.9. The molecule has 1 aromatic rings. The van der Waals surface area contributed by atoms with E-state index in [1.807, 2.05) is 13.1 Å². The molecule has 0 bridgehead atoms. The maximum Gasteiger partial charge on any atom is 0.217 e. The summed E-state index contributed by atoms with van der Waals surface area (Å²) in [6, 6.07) is 4.27. The lowest BCUT2D eigenvalue weighted by atomic mass is 9.89. The molecular formula is C13H20N2O2. The van der Waals surface area contributed by atoms with E-state index in [0.717, 1.165) is 25.2 Å². The van der Waals surface area contributed by atoms with Crippen molar-refractivity contribution in [1.82, 2.24) is 10.3 Å². The van der Waals surface area contributed by atoms with Crippen LogP contribution in [0.5, 0.6) is 5.88 Å². The molecule has 0 spiro atoms. The van der Waals surface area contributed by atoms with Crippen LogP contribution in [0, 0.1) is 5.92 Å². The number of aromatic nitrogens is 1. The minimum atomic E-state index is 0.249. The van der Waals surface area contributed by atoms with Crippen LogP contribution < -0.4 is 10.1 Å². The summed E-state index contributed by atoms with van der Waals surface area (Å²) in [5.41, 5.74) is 1.12. The lowest BCUT2D eigenvalue weighted by Gasteiger charge is -2.30. The highest BCUT2D eigenvalue weighted by atomic mass is 16.5. The molecule has 2 atom stereocenters. The van der Waals surface area contributed by atoms with Crippen LogP contribution in [0.3, 0.4) is 0 Å². The van der Waals surface area contributed by atoms with Crippen molar-refractivity contribution in [3.63, 3.8) is 0 Å². The maximum atomic E-state index is 5.56. The molecule has 94 valence electrons. The number of ether oxygens (including phenoxy) is 2. The fraction of sp³-hybridized carbons (Fsp3) is 0.615. The summed E-state index contributed by atoms with van der Waals surface area (Å²) in [7, 11) is 3.64. The molecule has 2 heterocycles. The van der Waals surface area contributed by atoms with Crippen molar-refractivity contribution in [3.05, 3.63) is 23.9 Å². The number of methoxy groups -OCH3 is 1. The number of rotatable bonds is 4. The summed E-state index contributed by atoms with van der Waals surface area (Å²) in [6.07, 6.45) is 4.07. The number of pyridine rings is 1. The largest absolute Gasteiger partial charge is 0.481 e. The van der Waals surface area contributed by atoms with Gasteiger partial charge in [-0.2, -0.15) is 0 Å². The Morgan fingerprint density at radius 3 is 3.12 bits per heavy atom. The molecule has 1 N–H and O–H groups in total. The first-order chi connectivity index (χ1) is 8.36. The van der Waals surface area contributed by atoms with Gasteiger partial charge < -0.3 is 14.8 Å². The Bertz CT molecular complexity index is 351. The van der Waals surface area contributed by atoms with Crippen LogP contribution in [0.2, 0.25) is 0 Å². The number of hydrogen-bond acceptors (Lipinski definition) is 4. The molecule has 0 radical (unpaired) electrons. The monoisotopic (exact) mass is 236 g/mol. The zero-order valence-electron chi connectivity index (χ0n) is 10.5. The molecule has 1 aliphatic heterocycles. The van der Waals surface area contributed by atoms with Crippen LogP contribution in [0.1, 0.15) is 24.4 Å². The summed E-state index contributed by atoms with van der Waals surface area (Å²) in [4.78, 5) is 4.26. The van der Waals surface area contributed by atoms with Gasteiger partial charge in [0.1, 0.15) is 0 Å². The van der Waals surface area contributed by atoms with Crippen LogP contribution in [-0.2, 0) is 4.74 Å². The van der Waals surface area contributed by atoms with Crippen LogP contribution in [0.25, 0.3) is 0 Å². The molecule has 0 aliphatic carbocycles. The van der Waals surface area contributed by atoms with Gasteiger partial charge in [0.05, 0.1) is 13.7 Å². The van der Waals surface area contributed by atoms with E-state index in [4.69, 9.17) is 9.47 Å². The van der Waals surface area contributed by atoms with Gasteiger partial charge >= 0.3 is 0 Å². The zero-order valence-corrected chi connectivity index (χ0v) is 10.5. The van der Waals surface area contributed by atoms with E-state index in [2.05, 4.69) is 16.4 Å². The smallest absolute Gasteiger partial charge is 0.217 e. The second-order valence-corrected chi connectivity index (χ2v) is 4.35. The van der Waals surface area contributed by atoms with Crippen LogP contribution >= 0.6 is 0 Å². The number of hydrogen-bond donors (Lipinski definition) is 1. The SMILES string of the molecule is CNC(c1cccnc1OC)C1CCCOC1. The Labute approximate surface area is 102 Å². The first kappa shape index (κ1) is 12.3. The Hall–Kier alpha value is -1.13. The fourth-order valence-electron chi connectivity index (χ4n) is 2.48. The molecular weight excluding hydrogens is 216 g/mol. The first-order valence-corrected chi connectivity index (χ1v) is 6.10. The first-order valence-electron chi connectivity index (χ1n) is 6.10. The Kier molecular flexibility index (Phi) is 4.34. The predicted molar refractivity (Wildman–Crippen MR) is 66.1 cm³/mol. The molecule has 1 fully saturated rings. The van der Waals surface area contributed by atoms with Crippen molar-refractivity contribution in [1.29, 1.82) is 0 Å². The third-order valence-corrected chi connectivity index (χ3v) is 3.31. The average Bonchev–Trinajstić information content (AvgIpc) is 2.41. The van der Waals surface area contributed by atoms with Crippen molar-refractivity contribution >= 4 is 0 Å². The van der Waals surface area contributed by atoms with Crippen molar-refractivity contribution in [3.8, 4) is 5.88 Å². The van der Waals surface area contributed by atoms with Gasteiger partial charge in [0.15, 0.2) is 0 Å². The predicted octanol–water partition coefficient (Wildman–Crippen LogP) is 1.78.